The molecule has 7 heteroatoms. The Hall–Kier alpha value is -1.60. The zero-order valence-electron chi connectivity index (χ0n) is 10.9. The number of methoxy groups -OCH3 is 1. The summed E-state index contributed by atoms with van der Waals surface area (Å²) in [6.07, 6.45) is 0.993. The third-order valence-electron chi connectivity index (χ3n) is 2.70. The molecule has 1 aromatic rings. The van der Waals surface area contributed by atoms with E-state index in [0.717, 1.165) is 0 Å². The molecule has 1 aliphatic rings. The van der Waals surface area contributed by atoms with Crippen LogP contribution in [0.15, 0.2) is 18.2 Å². The monoisotopic (exact) mass is 312 g/mol. The Labute approximate surface area is 125 Å². The number of carbonyl (C=O) groups is 2. The summed E-state index contributed by atoms with van der Waals surface area (Å²) in [5.41, 5.74) is 0.360. The van der Waals surface area contributed by atoms with Gasteiger partial charge in [-0.15, -0.1) is 11.8 Å². The molecule has 1 aromatic carbocycles. The SMILES string of the molecule is COC(=O)c1ccc2c(c1)OCC(C(=O)C(=S)SC)O2. The number of ketones is 1. The Morgan fingerprint density at radius 1 is 1.40 bits per heavy atom. The van der Waals surface area contributed by atoms with E-state index in [4.69, 9.17) is 21.7 Å². The largest absolute Gasteiger partial charge is 0.485 e. The molecule has 0 aliphatic carbocycles. The van der Waals surface area contributed by atoms with Crippen molar-refractivity contribution in [2.75, 3.05) is 20.0 Å². The quantitative estimate of drug-likeness (QED) is 0.623. The highest BCUT2D eigenvalue weighted by Gasteiger charge is 2.30. The Balaban J connectivity index is 2.18. The van der Waals surface area contributed by atoms with Crippen LogP contribution in [-0.2, 0) is 9.53 Å². The number of hydrogen-bond donors (Lipinski definition) is 0. The lowest BCUT2D eigenvalue weighted by molar-refractivity contribution is -0.121. The van der Waals surface area contributed by atoms with Crippen molar-refractivity contribution in [3.05, 3.63) is 23.8 Å². The molecule has 0 saturated heterocycles. The number of ether oxygens (including phenoxy) is 3. The number of thioether (sulfide) groups is 1. The summed E-state index contributed by atoms with van der Waals surface area (Å²) in [4.78, 5) is 23.3. The number of benzene rings is 1. The van der Waals surface area contributed by atoms with E-state index in [-0.39, 0.29) is 16.6 Å². The first-order valence-electron chi connectivity index (χ1n) is 5.70. The Morgan fingerprint density at radius 3 is 2.80 bits per heavy atom. The van der Waals surface area contributed by atoms with Crippen LogP contribution in [0.3, 0.4) is 0 Å². The number of hydrogen-bond acceptors (Lipinski definition) is 7. The smallest absolute Gasteiger partial charge is 0.337 e. The van der Waals surface area contributed by atoms with Crippen LogP contribution in [0.5, 0.6) is 11.5 Å². The third kappa shape index (κ3) is 2.94. The molecule has 106 valence electrons. The molecule has 0 radical (unpaired) electrons. The molecule has 0 amide bonds. The highest BCUT2D eigenvalue weighted by Crippen LogP contribution is 2.33. The Kier molecular flexibility index (Phi) is 4.61. The average molecular weight is 312 g/mol. The number of rotatable bonds is 3. The van der Waals surface area contributed by atoms with Gasteiger partial charge in [0.05, 0.1) is 12.7 Å². The van der Waals surface area contributed by atoms with E-state index in [1.807, 2.05) is 0 Å². The molecule has 0 fully saturated rings. The van der Waals surface area contributed by atoms with Gasteiger partial charge in [0.1, 0.15) is 10.8 Å². The van der Waals surface area contributed by atoms with Crippen LogP contribution in [0, 0.1) is 0 Å². The fourth-order valence-electron chi connectivity index (χ4n) is 1.68. The van der Waals surface area contributed by atoms with Crippen molar-refractivity contribution in [3.8, 4) is 11.5 Å². The first-order chi connectivity index (χ1) is 9.56. The molecule has 20 heavy (non-hydrogen) atoms. The zero-order chi connectivity index (χ0) is 14.7. The minimum atomic E-state index is -0.744. The molecular weight excluding hydrogens is 300 g/mol. The second-order valence-electron chi connectivity index (χ2n) is 3.93. The molecule has 2 rings (SSSR count). The van der Waals surface area contributed by atoms with Crippen molar-refractivity contribution in [2.24, 2.45) is 0 Å². The summed E-state index contributed by atoms with van der Waals surface area (Å²) in [5, 5.41) is 0. The van der Waals surface area contributed by atoms with Crippen LogP contribution in [0.1, 0.15) is 10.4 Å². The summed E-state index contributed by atoms with van der Waals surface area (Å²) in [7, 11) is 1.30. The van der Waals surface area contributed by atoms with Gasteiger partial charge in [-0.3, -0.25) is 4.79 Å². The van der Waals surface area contributed by atoms with E-state index in [1.165, 1.54) is 24.9 Å². The average Bonchev–Trinajstić information content (AvgIpc) is 2.51. The van der Waals surface area contributed by atoms with Crippen molar-refractivity contribution in [1.29, 1.82) is 0 Å². The molecule has 1 unspecified atom stereocenters. The predicted octanol–water partition coefficient (Wildman–Crippen LogP) is 1.87. The zero-order valence-corrected chi connectivity index (χ0v) is 12.5. The van der Waals surface area contributed by atoms with Gasteiger partial charge in [-0.2, -0.15) is 0 Å². The molecule has 0 aromatic heterocycles. The lowest BCUT2D eigenvalue weighted by Crippen LogP contribution is -2.39. The summed E-state index contributed by atoms with van der Waals surface area (Å²) in [6, 6.07) is 4.64. The van der Waals surface area contributed by atoms with Gasteiger partial charge < -0.3 is 14.2 Å². The van der Waals surface area contributed by atoms with Gasteiger partial charge in [-0.25, -0.2) is 4.79 Å². The molecule has 5 nitrogen and oxygen atoms in total. The van der Waals surface area contributed by atoms with Crippen LogP contribution in [0.2, 0.25) is 0 Å². The molecule has 1 aliphatic heterocycles. The van der Waals surface area contributed by atoms with E-state index in [2.05, 4.69) is 4.74 Å². The van der Waals surface area contributed by atoms with Crippen LogP contribution in [-0.4, -0.2) is 42.0 Å². The molecule has 0 spiro atoms. The highest BCUT2D eigenvalue weighted by atomic mass is 32.2. The van der Waals surface area contributed by atoms with E-state index in [0.29, 0.717) is 17.1 Å². The van der Waals surface area contributed by atoms with E-state index in [1.54, 1.807) is 18.4 Å². The lowest BCUT2D eigenvalue weighted by atomic mass is 10.1. The lowest BCUT2D eigenvalue weighted by Gasteiger charge is -2.25. The standard InChI is InChI=1S/C13H12O5S2/c1-16-12(15)7-3-4-8-9(5-7)17-6-10(18-8)11(14)13(19)20-2/h3-5,10H,6H2,1-2H3. The van der Waals surface area contributed by atoms with Crippen LogP contribution >= 0.6 is 24.0 Å². The van der Waals surface area contributed by atoms with Crippen molar-refractivity contribution < 1.29 is 23.8 Å². The fourth-order valence-corrected chi connectivity index (χ4v) is 2.14. The maximum atomic E-state index is 11.9. The maximum Gasteiger partial charge on any atom is 0.337 e. The van der Waals surface area contributed by atoms with Crippen LogP contribution in [0.25, 0.3) is 0 Å². The van der Waals surface area contributed by atoms with E-state index >= 15 is 0 Å². The van der Waals surface area contributed by atoms with Crippen molar-refractivity contribution in [3.63, 3.8) is 0 Å². The number of esters is 1. The second-order valence-corrected chi connectivity index (χ2v) is 5.41. The Bertz CT molecular complexity index is 570. The third-order valence-corrected chi connectivity index (χ3v) is 3.98. The highest BCUT2D eigenvalue weighted by molar-refractivity contribution is 8.24. The summed E-state index contributed by atoms with van der Waals surface area (Å²) in [6.45, 7) is 0.0666. The molecule has 1 atom stereocenters. The van der Waals surface area contributed by atoms with Crippen molar-refractivity contribution in [2.45, 2.75) is 6.10 Å². The van der Waals surface area contributed by atoms with Gasteiger partial charge in [-0.05, 0) is 24.5 Å². The van der Waals surface area contributed by atoms with Gasteiger partial charge in [0.15, 0.2) is 17.6 Å². The van der Waals surface area contributed by atoms with Gasteiger partial charge in [-0.1, -0.05) is 12.2 Å². The number of thiocarbonyl (C=S) groups is 1. The predicted molar refractivity (Wildman–Crippen MR) is 78.8 cm³/mol. The maximum absolute atomic E-state index is 11.9. The summed E-state index contributed by atoms with van der Waals surface area (Å²) in [5.74, 6) is 0.0894. The first-order valence-corrected chi connectivity index (χ1v) is 7.34. The normalized spacial score (nSPS) is 16.4. The molecular formula is C13H12O5S2. The van der Waals surface area contributed by atoms with Crippen LogP contribution < -0.4 is 9.47 Å². The summed E-state index contributed by atoms with van der Waals surface area (Å²) >= 11 is 6.15. The topological polar surface area (TPSA) is 61.8 Å². The minimum Gasteiger partial charge on any atom is -0.485 e. The number of fused-ring (bicyclic) bond motifs is 1. The van der Waals surface area contributed by atoms with Crippen molar-refractivity contribution >= 4 is 39.9 Å². The van der Waals surface area contributed by atoms with Gasteiger partial charge in [0.2, 0.25) is 5.78 Å². The first kappa shape index (κ1) is 14.8. The van der Waals surface area contributed by atoms with Gasteiger partial charge in [0, 0.05) is 0 Å². The molecule has 1 heterocycles. The minimum absolute atomic E-state index is 0.0666. The number of Topliss-reactive ketones (excluding diaryl/α,β-unsaturated/α-hetero) is 1. The Morgan fingerprint density at radius 2 is 2.15 bits per heavy atom. The number of carbonyl (C=O) groups excluding carboxylic acids is 2. The molecule has 0 N–H and O–H groups in total. The van der Waals surface area contributed by atoms with E-state index in [9.17, 15) is 9.59 Å². The van der Waals surface area contributed by atoms with Crippen molar-refractivity contribution in [1.82, 2.24) is 0 Å². The second kappa shape index (κ2) is 6.23. The van der Waals surface area contributed by atoms with Gasteiger partial charge >= 0.3 is 5.97 Å². The van der Waals surface area contributed by atoms with E-state index < -0.39 is 12.1 Å². The molecule has 0 saturated carbocycles. The molecule has 0 bridgehead atoms. The fraction of sp³-hybridized carbons (Fsp3) is 0.308. The van der Waals surface area contributed by atoms with Crippen LogP contribution in [0.4, 0.5) is 0 Å². The summed E-state index contributed by atoms with van der Waals surface area (Å²) < 4.78 is 15.9. The van der Waals surface area contributed by atoms with Gasteiger partial charge in [0.25, 0.3) is 0 Å².